The number of aromatic nitrogens is 8. The van der Waals surface area contributed by atoms with Crippen molar-refractivity contribution in [1.82, 2.24) is 38.2 Å². The van der Waals surface area contributed by atoms with E-state index in [1.807, 2.05) is 54.7 Å². The van der Waals surface area contributed by atoms with E-state index in [4.69, 9.17) is 19.9 Å². The van der Waals surface area contributed by atoms with Crippen LogP contribution in [0.2, 0.25) is 0 Å². The first-order valence-corrected chi connectivity index (χ1v) is 34.7. The van der Waals surface area contributed by atoms with Crippen molar-refractivity contribution < 1.29 is 0 Å². The highest BCUT2D eigenvalue weighted by Gasteiger charge is 2.22. The molecule has 0 spiro atoms. The Hall–Kier alpha value is -13.8. The van der Waals surface area contributed by atoms with Gasteiger partial charge in [0.2, 0.25) is 0 Å². The number of nitrogens with zero attached hydrogens (tertiary/aromatic N) is 8. The molecule has 8 nitrogen and oxygen atoms in total. The van der Waals surface area contributed by atoms with Crippen LogP contribution in [0.5, 0.6) is 0 Å². The summed E-state index contributed by atoms with van der Waals surface area (Å²) in [5.41, 5.74) is 20.0. The van der Waals surface area contributed by atoms with E-state index >= 15 is 0 Å². The van der Waals surface area contributed by atoms with Gasteiger partial charge in [0.15, 0.2) is 11.6 Å². The van der Waals surface area contributed by atoms with Crippen molar-refractivity contribution in [1.29, 1.82) is 0 Å². The van der Waals surface area contributed by atoms with Crippen LogP contribution in [0.25, 0.3) is 198 Å². The molecule has 0 radical (unpaired) electrons. The van der Waals surface area contributed by atoms with Crippen LogP contribution in [0.1, 0.15) is 0 Å². The van der Waals surface area contributed by atoms with Crippen LogP contribution in [0, 0.1) is 0 Å². The Kier molecular flexibility index (Phi) is 12.9. The van der Waals surface area contributed by atoms with Gasteiger partial charge >= 0.3 is 0 Å². The molecule has 0 atom stereocenters. The molecule has 6 aromatic heterocycles. The summed E-state index contributed by atoms with van der Waals surface area (Å²) in [5, 5.41) is 18.5. The molecule has 0 amide bonds. The van der Waals surface area contributed by atoms with E-state index in [1.54, 1.807) is 0 Å². The molecule has 0 N–H and O–H groups in total. The fourth-order valence-corrected chi connectivity index (χ4v) is 16.3. The molecule has 0 unspecified atom stereocenters. The Morgan fingerprint density at radius 2 is 0.549 bits per heavy atom. The van der Waals surface area contributed by atoms with Crippen molar-refractivity contribution >= 4 is 141 Å². The standard InChI is InChI=1S/C50H30N4.C44H28N4/c1-2-13-36-34(11-1)35-12-3-4-14-37(35)41-29-33(23-24-38(36)41)53-46-19-9-5-15-39(46)42-27-31(21-25-48(42)53)32-22-26-49-43(28-32)40-16-6-10-20-47(40)54(49)50-30-51-44-17-7-8-18-45(44)52-50;1-3-13-29(14-4-1)43-45-38-20-10-7-19-35(38)44(46-43)48-40-22-12-9-18-34(40)37-28-31(24-26-42(37)48)30-23-25-41-36(27-30)33-17-8-11-21-39(33)47(41)32-15-5-2-6-16-32/h1-30H;1-28H. The minimum absolute atomic E-state index is 0.717. The highest BCUT2D eigenvalue weighted by molar-refractivity contribution is 6.26. The monoisotopic (exact) mass is 1300 g/mol. The van der Waals surface area contributed by atoms with Gasteiger partial charge in [0.25, 0.3) is 0 Å². The molecule has 0 saturated carbocycles. The Balaban J connectivity index is 0.000000134. The molecule has 474 valence electrons. The smallest absolute Gasteiger partial charge is 0.162 e. The molecule has 8 heteroatoms. The van der Waals surface area contributed by atoms with E-state index in [0.29, 0.717) is 0 Å². The minimum atomic E-state index is 0.717. The van der Waals surface area contributed by atoms with Crippen molar-refractivity contribution in [2.24, 2.45) is 0 Å². The van der Waals surface area contributed by atoms with Gasteiger partial charge < -0.3 is 9.13 Å². The Bertz CT molecular complexity index is 7160. The van der Waals surface area contributed by atoms with Gasteiger partial charge in [-0.05, 0) is 176 Å². The molecule has 22 aromatic rings. The van der Waals surface area contributed by atoms with Gasteiger partial charge in [0.05, 0.1) is 66.9 Å². The lowest BCUT2D eigenvalue weighted by Gasteiger charge is -2.14. The van der Waals surface area contributed by atoms with Crippen LogP contribution in [0.15, 0.2) is 352 Å². The average molecular weight is 1300 g/mol. The van der Waals surface area contributed by atoms with E-state index in [2.05, 4.69) is 316 Å². The van der Waals surface area contributed by atoms with Gasteiger partial charge in [-0.3, -0.25) is 14.1 Å². The van der Waals surface area contributed by atoms with E-state index < -0.39 is 0 Å². The van der Waals surface area contributed by atoms with Crippen molar-refractivity contribution in [2.75, 3.05) is 0 Å². The van der Waals surface area contributed by atoms with Crippen molar-refractivity contribution in [3.8, 4) is 56.7 Å². The molecular formula is C94H58N8. The van der Waals surface area contributed by atoms with E-state index in [0.717, 1.165) is 72.7 Å². The van der Waals surface area contributed by atoms with E-state index in [1.165, 1.54) is 125 Å². The SMILES string of the molecule is c1ccc(-c2nc(-n3c4ccccc4c4cc(-c5ccc6c(c5)c5ccccc5n6-c5ccccc5)ccc43)c3ccccc3n2)cc1.c1ccc2nc(-n3c4ccccc4c4cc(-c5ccc6c(c5)c5ccccc5n6-c5ccc6c7ccccc7c7ccccc7c6c5)ccc43)cnc2c1. The van der Waals surface area contributed by atoms with Gasteiger partial charge in [-0.25, -0.2) is 15.0 Å². The molecule has 0 aliphatic rings. The second-order valence-electron chi connectivity index (χ2n) is 26.5. The molecule has 0 saturated heterocycles. The lowest BCUT2D eigenvalue weighted by atomic mass is 9.94. The largest absolute Gasteiger partial charge is 0.309 e. The van der Waals surface area contributed by atoms with Gasteiger partial charge in [0.1, 0.15) is 5.82 Å². The van der Waals surface area contributed by atoms with Gasteiger partial charge in [0, 0.05) is 65.4 Å². The molecule has 6 heterocycles. The summed E-state index contributed by atoms with van der Waals surface area (Å²) < 4.78 is 9.34. The topological polar surface area (TPSA) is 71.3 Å². The summed E-state index contributed by atoms with van der Waals surface area (Å²) in [6.07, 6.45) is 1.88. The van der Waals surface area contributed by atoms with Crippen LogP contribution in [0.4, 0.5) is 0 Å². The fraction of sp³-hybridized carbons (Fsp3) is 0. The van der Waals surface area contributed by atoms with Crippen molar-refractivity contribution in [3.63, 3.8) is 0 Å². The third-order valence-electron chi connectivity index (χ3n) is 20.8. The normalized spacial score (nSPS) is 11.9. The summed E-state index contributed by atoms with van der Waals surface area (Å²) >= 11 is 0. The second kappa shape index (κ2) is 22.9. The predicted octanol–water partition coefficient (Wildman–Crippen LogP) is 24.1. The van der Waals surface area contributed by atoms with Crippen LogP contribution in [-0.2, 0) is 0 Å². The first-order chi connectivity index (χ1) is 50.6. The van der Waals surface area contributed by atoms with E-state index in [-0.39, 0.29) is 0 Å². The molecule has 0 bridgehead atoms. The highest BCUT2D eigenvalue weighted by Crippen LogP contribution is 2.44. The van der Waals surface area contributed by atoms with Gasteiger partial charge in [-0.1, -0.05) is 224 Å². The molecular weight excluding hydrogens is 1240 g/mol. The first kappa shape index (κ1) is 57.3. The zero-order valence-electron chi connectivity index (χ0n) is 55.1. The number of fused-ring (bicyclic) bond motifs is 20. The molecule has 0 fully saturated rings. The van der Waals surface area contributed by atoms with Crippen LogP contribution in [-0.4, -0.2) is 38.2 Å². The second-order valence-corrected chi connectivity index (χ2v) is 26.5. The third kappa shape index (κ3) is 8.96. The number of hydrogen-bond donors (Lipinski definition) is 0. The Morgan fingerprint density at radius 1 is 0.186 bits per heavy atom. The summed E-state index contributed by atoms with van der Waals surface area (Å²) in [5.74, 6) is 2.42. The van der Waals surface area contributed by atoms with Crippen LogP contribution < -0.4 is 0 Å². The molecule has 16 aromatic carbocycles. The minimum Gasteiger partial charge on any atom is -0.309 e. The molecule has 0 aliphatic carbocycles. The van der Waals surface area contributed by atoms with E-state index in [9.17, 15) is 0 Å². The molecule has 0 aliphatic heterocycles. The van der Waals surface area contributed by atoms with Crippen molar-refractivity contribution in [3.05, 3.63) is 352 Å². The lowest BCUT2D eigenvalue weighted by Crippen LogP contribution is -2.02. The highest BCUT2D eigenvalue weighted by atomic mass is 15.1. The average Bonchev–Trinajstić information content (AvgIpc) is 1.54. The van der Waals surface area contributed by atoms with Crippen LogP contribution >= 0.6 is 0 Å². The quantitative estimate of drug-likeness (QED) is 0.149. The zero-order valence-corrected chi connectivity index (χ0v) is 55.1. The maximum Gasteiger partial charge on any atom is 0.162 e. The fourth-order valence-electron chi connectivity index (χ4n) is 16.3. The number of hydrogen-bond acceptors (Lipinski definition) is 4. The Morgan fingerprint density at radius 3 is 1.07 bits per heavy atom. The third-order valence-corrected chi connectivity index (χ3v) is 20.8. The van der Waals surface area contributed by atoms with Crippen molar-refractivity contribution in [2.45, 2.75) is 0 Å². The summed E-state index contributed by atoms with van der Waals surface area (Å²) in [6, 6.07) is 124. The molecule has 102 heavy (non-hydrogen) atoms. The number of rotatable bonds is 7. The van der Waals surface area contributed by atoms with Gasteiger partial charge in [-0.15, -0.1) is 0 Å². The maximum absolute atomic E-state index is 5.23. The maximum atomic E-state index is 5.23. The molecule has 22 rings (SSSR count). The lowest BCUT2D eigenvalue weighted by molar-refractivity contribution is 1.07. The summed E-state index contributed by atoms with van der Waals surface area (Å²) in [4.78, 5) is 20.0. The van der Waals surface area contributed by atoms with Crippen LogP contribution in [0.3, 0.4) is 0 Å². The number of para-hydroxylation sites is 8. The summed E-state index contributed by atoms with van der Waals surface area (Å²) in [7, 11) is 0. The van der Waals surface area contributed by atoms with Gasteiger partial charge in [-0.2, -0.15) is 0 Å². The zero-order chi connectivity index (χ0) is 66.9. The number of benzene rings is 16. The first-order valence-electron chi connectivity index (χ1n) is 34.7. The Labute approximate surface area is 584 Å². The predicted molar refractivity (Wildman–Crippen MR) is 425 cm³/mol. The summed E-state index contributed by atoms with van der Waals surface area (Å²) in [6.45, 7) is 0.